The van der Waals surface area contributed by atoms with E-state index in [2.05, 4.69) is 88.5 Å². The molecule has 0 saturated carbocycles. The second kappa shape index (κ2) is 6.25. The van der Waals surface area contributed by atoms with Gasteiger partial charge in [-0.25, -0.2) is 4.98 Å². The van der Waals surface area contributed by atoms with Crippen molar-refractivity contribution < 1.29 is 0 Å². The normalized spacial score (nSPS) is 11.1. The van der Waals surface area contributed by atoms with E-state index in [4.69, 9.17) is 4.98 Å². The molecule has 1 heterocycles. The molecule has 0 aliphatic rings. The van der Waals surface area contributed by atoms with Crippen LogP contribution in [0, 0.1) is 6.92 Å². The molecule has 0 spiro atoms. The van der Waals surface area contributed by atoms with Crippen molar-refractivity contribution in [2.45, 2.75) is 13.3 Å². The summed E-state index contributed by atoms with van der Waals surface area (Å²) < 4.78 is 1.03. The first-order chi connectivity index (χ1) is 11.7. The van der Waals surface area contributed by atoms with Gasteiger partial charge in [0.2, 0.25) is 0 Å². The largest absolute Gasteiger partial charge is 0.338 e. The maximum absolute atomic E-state index is 4.73. The zero-order chi connectivity index (χ0) is 16.5. The second-order valence-electron chi connectivity index (χ2n) is 6.09. The molecule has 3 aromatic carbocycles. The van der Waals surface area contributed by atoms with Crippen LogP contribution in [0.2, 0.25) is 0 Å². The van der Waals surface area contributed by atoms with E-state index in [0.717, 1.165) is 33.3 Å². The van der Waals surface area contributed by atoms with Gasteiger partial charge in [0.15, 0.2) is 0 Å². The number of hydrogen-bond acceptors (Lipinski definition) is 1. The molecule has 0 atom stereocenters. The highest BCUT2D eigenvalue weighted by molar-refractivity contribution is 9.10. The van der Waals surface area contributed by atoms with Crippen LogP contribution in [0.4, 0.5) is 0 Å². The number of nitrogens with one attached hydrogen (secondary N) is 1. The smallest absolute Gasteiger partial charge is 0.138 e. The molecular weight excluding hydrogens is 360 g/mol. The third kappa shape index (κ3) is 3.00. The highest BCUT2D eigenvalue weighted by Crippen LogP contribution is 2.27. The van der Waals surface area contributed by atoms with E-state index in [1.807, 2.05) is 6.07 Å². The van der Waals surface area contributed by atoms with Gasteiger partial charge in [-0.2, -0.15) is 0 Å². The van der Waals surface area contributed by atoms with Crippen LogP contribution >= 0.6 is 15.9 Å². The van der Waals surface area contributed by atoms with E-state index in [9.17, 15) is 0 Å². The fraction of sp³-hybridized carbons (Fsp3) is 0.0952. The lowest BCUT2D eigenvalue weighted by Crippen LogP contribution is -1.88. The van der Waals surface area contributed by atoms with Crippen LogP contribution in [-0.2, 0) is 6.42 Å². The van der Waals surface area contributed by atoms with Crippen molar-refractivity contribution in [2.75, 3.05) is 0 Å². The minimum absolute atomic E-state index is 0.905. The van der Waals surface area contributed by atoms with E-state index < -0.39 is 0 Å². The first-order valence-electron chi connectivity index (χ1n) is 7.98. The first-order valence-corrected chi connectivity index (χ1v) is 8.77. The van der Waals surface area contributed by atoms with Crippen LogP contribution in [-0.4, -0.2) is 9.97 Å². The fourth-order valence-electron chi connectivity index (χ4n) is 2.96. The number of aryl methyl sites for hydroxylation is 1. The average Bonchev–Trinajstić information content (AvgIpc) is 3.01. The average molecular weight is 377 g/mol. The maximum atomic E-state index is 4.73. The number of H-pyrrole nitrogens is 1. The SMILES string of the molecule is Cc1cc(Br)c2nc(-c3ccc(Cc4ccccc4)cc3)[nH]c2c1. The summed E-state index contributed by atoms with van der Waals surface area (Å²) >= 11 is 3.60. The Labute approximate surface area is 149 Å². The van der Waals surface area contributed by atoms with Gasteiger partial charge in [-0.1, -0.05) is 54.6 Å². The van der Waals surface area contributed by atoms with E-state index in [1.165, 1.54) is 16.7 Å². The van der Waals surface area contributed by atoms with E-state index >= 15 is 0 Å². The quantitative estimate of drug-likeness (QED) is 0.474. The number of imidazole rings is 1. The lowest BCUT2D eigenvalue weighted by Gasteiger charge is -2.03. The third-order valence-electron chi connectivity index (χ3n) is 4.16. The van der Waals surface area contributed by atoms with Gasteiger partial charge in [0.25, 0.3) is 0 Å². The van der Waals surface area contributed by atoms with E-state index in [1.54, 1.807) is 0 Å². The van der Waals surface area contributed by atoms with Crippen molar-refractivity contribution in [1.82, 2.24) is 9.97 Å². The Morgan fingerprint density at radius 2 is 1.62 bits per heavy atom. The zero-order valence-electron chi connectivity index (χ0n) is 13.4. The van der Waals surface area contributed by atoms with Crippen molar-refractivity contribution in [3.8, 4) is 11.4 Å². The molecule has 0 bridgehead atoms. The number of aromatic nitrogens is 2. The Morgan fingerprint density at radius 3 is 2.38 bits per heavy atom. The Morgan fingerprint density at radius 1 is 0.917 bits per heavy atom. The molecule has 1 aromatic heterocycles. The second-order valence-corrected chi connectivity index (χ2v) is 6.94. The lowest BCUT2D eigenvalue weighted by atomic mass is 10.0. The Balaban J connectivity index is 1.64. The van der Waals surface area contributed by atoms with Crippen molar-refractivity contribution >= 4 is 27.0 Å². The summed E-state index contributed by atoms with van der Waals surface area (Å²) in [6.07, 6.45) is 0.950. The molecule has 3 heteroatoms. The van der Waals surface area contributed by atoms with Crippen molar-refractivity contribution in [3.63, 3.8) is 0 Å². The van der Waals surface area contributed by atoms with Gasteiger partial charge in [-0.3, -0.25) is 0 Å². The van der Waals surface area contributed by atoms with Gasteiger partial charge in [-0.05, 0) is 58.1 Å². The van der Waals surface area contributed by atoms with Crippen molar-refractivity contribution in [2.24, 2.45) is 0 Å². The summed E-state index contributed by atoms with van der Waals surface area (Å²) in [5.74, 6) is 0.905. The number of nitrogens with zero attached hydrogens (tertiary/aromatic N) is 1. The third-order valence-corrected chi connectivity index (χ3v) is 4.77. The van der Waals surface area contributed by atoms with Gasteiger partial charge in [0.1, 0.15) is 11.3 Å². The molecule has 0 aliphatic heterocycles. The van der Waals surface area contributed by atoms with Crippen molar-refractivity contribution in [3.05, 3.63) is 87.9 Å². The highest BCUT2D eigenvalue weighted by atomic mass is 79.9. The number of fused-ring (bicyclic) bond motifs is 1. The molecule has 2 nitrogen and oxygen atoms in total. The van der Waals surface area contributed by atoms with E-state index in [0.29, 0.717) is 0 Å². The summed E-state index contributed by atoms with van der Waals surface area (Å²) in [6, 6.07) is 23.4. The Kier molecular flexibility index (Phi) is 3.95. The molecule has 24 heavy (non-hydrogen) atoms. The Bertz CT molecular complexity index is 986. The number of halogens is 1. The van der Waals surface area contributed by atoms with Crippen LogP contribution in [0.15, 0.2) is 71.2 Å². The summed E-state index contributed by atoms with van der Waals surface area (Å²) in [6.45, 7) is 2.09. The Hall–Kier alpha value is -2.39. The standard InChI is InChI=1S/C21H17BrN2/c1-14-11-18(22)20-19(12-14)23-21(24-20)17-9-7-16(8-10-17)13-15-5-3-2-4-6-15/h2-12H,13H2,1H3,(H,23,24). The molecule has 4 rings (SSSR count). The van der Waals surface area contributed by atoms with Crippen LogP contribution in [0.3, 0.4) is 0 Å². The minimum atomic E-state index is 0.905. The van der Waals surface area contributed by atoms with Gasteiger partial charge in [0.05, 0.1) is 5.52 Å². The first kappa shape index (κ1) is 15.2. The molecule has 0 fully saturated rings. The van der Waals surface area contributed by atoms with Crippen molar-refractivity contribution in [1.29, 1.82) is 0 Å². The molecule has 118 valence electrons. The van der Waals surface area contributed by atoms with Crippen LogP contribution in [0.5, 0.6) is 0 Å². The molecule has 1 N–H and O–H groups in total. The van der Waals surface area contributed by atoms with Gasteiger partial charge in [-0.15, -0.1) is 0 Å². The summed E-state index contributed by atoms with van der Waals surface area (Å²) in [7, 11) is 0. The summed E-state index contributed by atoms with van der Waals surface area (Å²) in [5.41, 5.74) is 6.98. The summed E-state index contributed by atoms with van der Waals surface area (Å²) in [4.78, 5) is 8.16. The molecule has 0 saturated heterocycles. The van der Waals surface area contributed by atoms with Gasteiger partial charge >= 0.3 is 0 Å². The van der Waals surface area contributed by atoms with Gasteiger partial charge in [0, 0.05) is 10.0 Å². The molecule has 0 radical (unpaired) electrons. The zero-order valence-corrected chi connectivity index (χ0v) is 15.0. The lowest BCUT2D eigenvalue weighted by molar-refractivity contribution is 1.19. The maximum Gasteiger partial charge on any atom is 0.138 e. The van der Waals surface area contributed by atoms with E-state index in [-0.39, 0.29) is 0 Å². The molecular formula is C21H17BrN2. The predicted molar refractivity (Wildman–Crippen MR) is 103 cm³/mol. The minimum Gasteiger partial charge on any atom is -0.338 e. The number of aromatic amines is 1. The van der Waals surface area contributed by atoms with Crippen LogP contribution in [0.25, 0.3) is 22.4 Å². The fourth-order valence-corrected chi connectivity index (χ4v) is 3.62. The molecule has 0 amide bonds. The summed E-state index contributed by atoms with van der Waals surface area (Å²) in [5, 5.41) is 0. The highest BCUT2D eigenvalue weighted by Gasteiger charge is 2.09. The predicted octanol–water partition coefficient (Wildman–Crippen LogP) is 5.89. The monoisotopic (exact) mass is 376 g/mol. The molecule has 4 aromatic rings. The number of hydrogen-bond donors (Lipinski definition) is 1. The molecule has 0 unspecified atom stereocenters. The molecule has 0 aliphatic carbocycles. The van der Waals surface area contributed by atoms with Gasteiger partial charge < -0.3 is 4.98 Å². The van der Waals surface area contributed by atoms with Crippen LogP contribution in [0.1, 0.15) is 16.7 Å². The topological polar surface area (TPSA) is 28.7 Å². The number of rotatable bonds is 3. The number of benzene rings is 3. The van der Waals surface area contributed by atoms with Crippen LogP contribution < -0.4 is 0 Å².